The Morgan fingerprint density at radius 1 is 1.35 bits per heavy atom. The second-order valence-electron chi connectivity index (χ2n) is 5.83. The SMILES string of the molecule is CC1CCN(CCCNCc2cc(Cl)ccc2O)CC1. The van der Waals surface area contributed by atoms with Crippen LogP contribution < -0.4 is 5.32 Å². The van der Waals surface area contributed by atoms with E-state index in [1.54, 1.807) is 12.1 Å². The molecule has 1 aliphatic heterocycles. The molecule has 4 heteroatoms. The number of nitrogens with zero attached hydrogens (tertiary/aromatic N) is 1. The number of benzene rings is 1. The highest BCUT2D eigenvalue weighted by molar-refractivity contribution is 6.30. The number of piperidine rings is 1. The van der Waals surface area contributed by atoms with E-state index in [0.29, 0.717) is 17.3 Å². The number of phenolic OH excluding ortho intramolecular Hbond substituents is 1. The number of hydrogen-bond donors (Lipinski definition) is 2. The fourth-order valence-electron chi connectivity index (χ4n) is 2.63. The summed E-state index contributed by atoms with van der Waals surface area (Å²) in [5, 5.41) is 13.8. The fraction of sp³-hybridized carbons (Fsp3) is 0.625. The number of rotatable bonds is 6. The van der Waals surface area contributed by atoms with Crippen molar-refractivity contribution in [3.8, 4) is 5.75 Å². The van der Waals surface area contributed by atoms with Crippen LogP contribution in [0.25, 0.3) is 0 Å². The van der Waals surface area contributed by atoms with Gasteiger partial charge in [-0.15, -0.1) is 0 Å². The Morgan fingerprint density at radius 2 is 2.10 bits per heavy atom. The average Bonchev–Trinajstić information content (AvgIpc) is 2.44. The van der Waals surface area contributed by atoms with Gasteiger partial charge in [0, 0.05) is 17.1 Å². The van der Waals surface area contributed by atoms with Crippen molar-refractivity contribution in [2.24, 2.45) is 5.92 Å². The maximum atomic E-state index is 9.71. The third kappa shape index (κ3) is 4.97. The predicted octanol–water partition coefficient (Wildman–Crippen LogP) is 3.26. The molecule has 1 aliphatic rings. The lowest BCUT2D eigenvalue weighted by molar-refractivity contribution is 0.190. The Morgan fingerprint density at radius 3 is 2.85 bits per heavy atom. The lowest BCUT2D eigenvalue weighted by Gasteiger charge is -2.30. The molecule has 1 heterocycles. The first-order valence-corrected chi connectivity index (χ1v) is 7.93. The molecule has 0 saturated carbocycles. The monoisotopic (exact) mass is 296 g/mol. The third-order valence-corrected chi connectivity index (χ3v) is 4.30. The predicted molar refractivity (Wildman–Crippen MR) is 84.3 cm³/mol. The topological polar surface area (TPSA) is 35.5 Å². The minimum Gasteiger partial charge on any atom is -0.508 e. The summed E-state index contributed by atoms with van der Waals surface area (Å²) in [4.78, 5) is 2.55. The summed E-state index contributed by atoms with van der Waals surface area (Å²) in [6.07, 6.45) is 3.82. The van der Waals surface area contributed by atoms with Crippen LogP contribution in [0.2, 0.25) is 5.02 Å². The largest absolute Gasteiger partial charge is 0.508 e. The molecule has 1 aromatic carbocycles. The molecule has 1 aromatic rings. The Hall–Kier alpha value is -0.770. The van der Waals surface area contributed by atoms with Crippen LogP contribution in [-0.4, -0.2) is 36.2 Å². The van der Waals surface area contributed by atoms with Crippen LogP contribution in [-0.2, 0) is 6.54 Å². The molecule has 0 radical (unpaired) electrons. The molecule has 2 N–H and O–H groups in total. The van der Waals surface area contributed by atoms with Crippen LogP contribution in [0.5, 0.6) is 5.75 Å². The number of hydrogen-bond acceptors (Lipinski definition) is 3. The molecule has 0 aliphatic carbocycles. The number of halogens is 1. The van der Waals surface area contributed by atoms with Gasteiger partial charge >= 0.3 is 0 Å². The van der Waals surface area contributed by atoms with Gasteiger partial charge in [0.25, 0.3) is 0 Å². The Kier molecular flexibility index (Phi) is 6.14. The molecular weight excluding hydrogens is 272 g/mol. The van der Waals surface area contributed by atoms with Crippen LogP contribution in [0.15, 0.2) is 18.2 Å². The average molecular weight is 297 g/mol. The van der Waals surface area contributed by atoms with Gasteiger partial charge in [-0.3, -0.25) is 0 Å². The molecule has 3 nitrogen and oxygen atoms in total. The maximum Gasteiger partial charge on any atom is 0.120 e. The molecule has 0 bridgehead atoms. The van der Waals surface area contributed by atoms with Crippen LogP contribution in [0.3, 0.4) is 0 Å². The van der Waals surface area contributed by atoms with E-state index in [0.717, 1.165) is 24.4 Å². The molecule has 2 rings (SSSR count). The molecule has 0 unspecified atom stereocenters. The summed E-state index contributed by atoms with van der Waals surface area (Å²) in [5.74, 6) is 1.21. The summed E-state index contributed by atoms with van der Waals surface area (Å²) >= 11 is 5.92. The van der Waals surface area contributed by atoms with Crippen molar-refractivity contribution < 1.29 is 5.11 Å². The van der Waals surface area contributed by atoms with Crippen LogP contribution in [0.1, 0.15) is 31.7 Å². The van der Waals surface area contributed by atoms with Crippen molar-refractivity contribution in [1.29, 1.82) is 0 Å². The fourth-order valence-corrected chi connectivity index (χ4v) is 2.83. The quantitative estimate of drug-likeness (QED) is 0.791. The Bertz CT molecular complexity index is 417. The molecule has 0 amide bonds. The second-order valence-corrected chi connectivity index (χ2v) is 6.26. The van der Waals surface area contributed by atoms with Gasteiger partial charge in [0.05, 0.1) is 0 Å². The number of aromatic hydroxyl groups is 1. The summed E-state index contributed by atoms with van der Waals surface area (Å²) in [6, 6.07) is 5.17. The van der Waals surface area contributed by atoms with Gasteiger partial charge in [-0.2, -0.15) is 0 Å². The molecule has 0 atom stereocenters. The van der Waals surface area contributed by atoms with Crippen LogP contribution >= 0.6 is 11.6 Å². The minimum atomic E-state index is 0.312. The molecule has 20 heavy (non-hydrogen) atoms. The zero-order chi connectivity index (χ0) is 14.4. The molecular formula is C16H25ClN2O. The van der Waals surface area contributed by atoms with Gasteiger partial charge in [-0.25, -0.2) is 0 Å². The summed E-state index contributed by atoms with van der Waals surface area (Å²) < 4.78 is 0. The maximum absolute atomic E-state index is 9.71. The van der Waals surface area contributed by atoms with Crippen molar-refractivity contribution in [2.45, 2.75) is 32.7 Å². The molecule has 0 aromatic heterocycles. The van der Waals surface area contributed by atoms with Gasteiger partial charge in [0.15, 0.2) is 0 Å². The molecule has 112 valence electrons. The van der Waals surface area contributed by atoms with Crippen molar-refractivity contribution in [2.75, 3.05) is 26.2 Å². The normalized spacial score (nSPS) is 17.5. The summed E-state index contributed by atoms with van der Waals surface area (Å²) in [5.41, 5.74) is 0.865. The first-order chi connectivity index (χ1) is 9.65. The highest BCUT2D eigenvalue weighted by atomic mass is 35.5. The standard InChI is InChI=1S/C16H25ClN2O/c1-13-5-9-19(10-6-13)8-2-7-18-12-14-11-15(17)3-4-16(14)20/h3-4,11,13,18,20H,2,5-10,12H2,1H3. The van der Waals surface area contributed by atoms with Gasteiger partial charge < -0.3 is 15.3 Å². The van der Waals surface area contributed by atoms with Crippen molar-refractivity contribution >= 4 is 11.6 Å². The molecule has 0 spiro atoms. The summed E-state index contributed by atoms with van der Waals surface area (Å²) in [7, 11) is 0. The number of phenols is 1. The van der Waals surface area contributed by atoms with Crippen LogP contribution in [0, 0.1) is 5.92 Å². The van der Waals surface area contributed by atoms with E-state index in [9.17, 15) is 5.11 Å². The van der Waals surface area contributed by atoms with Gasteiger partial charge in [-0.1, -0.05) is 18.5 Å². The van der Waals surface area contributed by atoms with Crippen molar-refractivity contribution in [3.05, 3.63) is 28.8 Å². The highest BCUT2D eigenvalue weighted by Crippen LogP contribution is 2.21. The number of likely N-dealkylation sites (tertiary alicyclic amines) is 1. The molecule has 1 fully saturated rings. The first kappa shape index (κ1) is 15.6. The van der Waals surface area contributed by atoms with Crippen LogP contribution in [0.4, 0.5) is 0 Å². The van der Waals surface area contributed by atoms with Gasteiger partial charge in [0.2, 0.25) is 0 Å². The summed E-state index contributed by atoms with van der Waals surface area (Å²) in [6.45, 7) is 7.64. The number of nitrogens with one attached hydrogen (secondary N) is 1. The lowest BCUT2D eigenvalue weighted by atomic mass is 9.99. The zero-order valence-corrected chi connectivity index (χ0v) is 13.0. The van der Waals surface area contributed by atoms with E-state index < -0.39 is 0 Å². The zero-order valence-electron chi connectivity index (χ0n) is 12.2. The molecule has 1 saturated heterocycles. The van der Waals surface area contributed by atoms with E-state index in [1.807, 2.05) is 6.07 Å². The van der Waals surface area contributed by atoms with Crippen molar-refractivity contribution in [3.63, 3.8) is 0 Å². The minimum absolute atomic E-state index is 0.312. The van der Waals surface area contributed by atoms with Gasteiger partial charge in [0.1, 0.15) is 5.75 Å². The van der Waals surface area contributed by atoms with E-state index >= 15 is 0 Å². The van der Waals surface area contributed by atoms with E-state index in [1.165, 1.54) is 32.5 Å². The lowest BCUT2D eigenvalue weighted by Crippen LogP contribution is -2.34. The van der Waals surface area contributed by atoms with E-state index in [2.05, 4.69) is 17.1 Å². The van der Waals surface area contributed by atoms with E-state index in [-0.39, 0.29) is 0 Å². The smallest absolute Gasteiger partial charge is 0.120 e. The van der Waals surface area contributed by atoms with Gasteiger partial charge in [-0.05, 0) is 69.6 Å². The van der Waals surface area contributed by atoms with E-state index in [4.69, 9.17) is 11.6 Å². The third-order valence-electron chi connectivity index (χ3n) is 4.06. The highest BCUT2D eigenvalue weighted by Gasteiger charge is 2.14. The first-order valence-electron chi connectivity index (χ1n) is 7.55. The van der Waals surface area contributed by atoms with Crippen molar-refractivity contribution in [1.82, 2.24) is 10.2 Å². The second kappa shape index (κ2) is 7.87. The Labute approximate surface area is 126 Å². The Balaban J connectivity index is 1.61.